The maximum Gasteiger partial charge on any atom is 0.329 e. The van der Waals surface area contributed by atoms with Crippen LogP contribution in [0.4, 0.5) is 0 Å². The third kappa shape index (κ3) is 2.12. The van der Waals surface area contributed by atoms with E-state index in [-0.39, 0.29) is 5.75 Å². The Bertz CT molecular complexity index is 413. The van der Waals surface area contributed by atoms with Crippen LogP contribution in [-0.2, 0) is 4.79 Å². The Morgan fingerprint density at radius 1 is 1.40 bits per heavy atom. The molecule has 4 nitrogen and oxygen atoms in total. The van der Waals surface area contributed by atoms with Gasteiger partial charge in [0, 0.05) is 11.3 Å². The van der Waals surface area contributed by atoms with Crippen LogP contribution in [0.1, 0.15) is 5.56 Å². The average Bonchev–Trinajstić information content (AvgIpc) is 2.68. The number of thioether (sulfide) groups is 1. The van der Waals surface area contributed by atoms with Crippen molar-refractivity contribution in [3.05, 3.63) is 29.8 Å². The lowest BCUT2D eigenvalue weighted by Crippen LogP contribution is -2.17. The highest BCUT2D eigenvalue weighted by Gasteiger charge is 2.24. The lowest BCUT2D eigenvalue weighted by atomic mass is 10.2. The zero-order chi connectivity index (χ0) is 10.8. The second-order valence-electron chi connectivity index (χ2n) is 3.15. The second kappa shape index (κ2) is 3.94. The van der Waals surface area contributed by atoms with Gasteiger partial charge in [-0.2, -0.15) is 0 Å². The number of phenols is 1. The number of hydrogen-bond donors (Lipinski definition) is 2. The second-order valence-corrected chi connectivity index (χ2v) is 4.15. The van der Waals surface area contributed by atoms with Crippen LogP contribution >= 0.6 is 11.8 Å². The minimum atomic E-state index is -0.892. The highest BCUT2D eigenvalue weighted by atomic mass is 32.2. The first kappa shape index (κ1) is 10.0. The Kier molecular flexibility index (Phi) is 2.64. The molecule has 15 heavy (non-hydrogen) atoms. The van der Waals surface area contributed by atoms with E-state index in [0.717, 1.165) is 10.6 Å². The Morgan fingerprint density at radius 2 is 2.07 bits per heavy atom. The van der Waals surface area contributed by atoms with Gasteiger partial charge in [0.05, 0.1) is 5.04 Å². The van der Waals surface area contributed by atoms with Crippen molar-refractivity contribution in [1.29, 1.82) is 0 Å². The van der Waals surface area contributed by atoms with E-state index in [4.69, 9.17) is 10.2 Å². The summed E-state index contributed by atoms with van der Waals surface area (Å²) in [6.45, 7) is 0. The summed E-state index contributed by atoms with van der Waals surface area (Å²) in [7, 11) is 0. The predicted octanol–water partition coefficient (Wildman–Crippen LogP) is 1.34. The molecule has 0 spiro atoms. The van der Waals surface area contributed by atoms with E-state index in [1.54, 1.807) is 24.3 Å². The molecule has 5 heteroatoms. The van der Waals surface area contributed by atoms with Crippen molar-refractivity contribution in [2.24, 2.45) is 4.99 Å². The summed E-state index contributed by atoms with van der Waals surface area (Å²) in [6, 6.07) is 5.94. The number of rotatable bonds is 2. The van der Waals surface area contributed by atoms with Crippen molar-refractivity contribution in [2.75, 3.05) is 5.75 Å². The number of carboxylic acid groups (broad SMARTS) is 1. The Hall–Kier alpha value is -1.49. The molecule has 1 unspecified atom stereocenters. The fourth-order valence-corrected chi connectivity index (χ4v) is 2.30. The molecule has 1 heterocycles. The molecule has 1 aliphatic heterocycles. The van der Waals surface area contributed by atoms with Crippen LogP contribution in [0.3, 0.4) is 0 Å². The summed E-state index contributed by atoms with van der Waals surface area (Å²) in [4.78, 5) is 14.8. The van der Waals surface area contributed by atoms with Crippen LogP contribution in [0.25, 0.3) is 0 Å². The molecule has 0 bridgehead atoms. The first-order valence-corrected chi connectivity index (χ1v) is 5.38. The van der Waals surface area contributed by atoms with Gasteiger partial charge in [-0.1, -0.05) is 0 Å². The lowest BCUT2D eigenvalue weighted by Gasteiger charge is -1.98. The molecule has 78 valence electrons. The summed E-state index contributed by atoms with van der Waals surface area (Å²) >= 11 is 1.43. The number of carboxylic acids is 1. The number of aliphatic carboxylic acids is 1. The highest BCUT2D eigenvalue weighted by molar-refractivity contribution is 8.14. The Labute approximate surface area is 90.7 Å². The summed E-state index contributed by atoms with van der Waals surface area (Å²) in [5, 5.41) is 18.6. The molecule has 2 N–H and O–H groups in total. The van der Waals surface area contributed by atoms with E-state index >= 15 is 0 Å². The maximum atomic E-state index is 10.7. The maximum absolute atomic E-state index is 10.7. The zero-order valence-corrected chi connectivity index (χ0v) is 8.57. The van der Waals surface area contributed by atoms with E-state index in [0.29, 0.717) is 5.75 Å². The Morgan fingerprint density at radius 3 is 2.60 bits per heavy atom. The van der Waals surface area contributed by atoms with Crippen molar-refractivity contribution in [3.8, 4) is 5.75 Å². The fraction of sp³-hybridized carbons (Fsp3) is 0.200. The van der Waals surface area contributed by atoms with Gasteiger partial charge in [-0.15, -0.1) is 11.8 Å². The number of aromatic hydroxyl groups is 1. The first-order valence-electron chi connectivity index (χ1n) is 4.39. The van der Waals surface area contributed by atoms with E-state index in [1.165, 1.54) is 11.8 Å². The molecule has 1 aromatic carbocycles. The van der Waals surface area contributed by atoms with Crippen molar-refractivity contribution < 1.29 is 15.0 Å². The fourth-order valence-electron chi connectivity index (χ4n) is 1.26. The molecule has 0 aliphatic carbocycles. The van der Waals surface area contributed by atoms with Crippen LogP contribution in [0, 0.1) is 0 Å². The van der Waals surface area contributed by atoms with Crippen molar-refractivity contribution in [1.82, 2.24) is 0 Å². The largest absolute Gasteiger partial charge is 0.508 e. The molecule has 0 saturated heterocycles. The molecule has 0 radical (unpaired) electrons. The summed E-state index contributed by atoms with van der Waals surface area (Å²) in [5.41, 5.74) is 0.849. The van der Waals surface area contributed by atoms with Gasteiger partial charge in [0.25, 0.3) is 0 Å². The Balaban J connectivity index is 2.22. The number of nitrogens with zero attached hydrogens (tertiary/aromatic N) is 1. The van der Waals surface area contributed by atoms with Gasteiger partial charge in [-0.25, -0.2) is 4.79 Å². The first-order chi connectivity index (χ1) is 7.16. The van der Waals surface area contributed by atoms with E-state index in [2.05, 4.69) is 4.99 Å². The lowest BCUT2D eigenvalue weighted by molar-refractivity contribution is -0.137. The van der Waals surface area contributed by atoms with Crippen LogP contribution in [0.5, 0.6) is 5.75 Å². The smallest absolute Gasteiger partial charge is 0.329 e. The summed E-state index contributed by atoms with van der Waals surface area (Å²) in [6.07, 6.45) is 0. The normalized spacial score (nSPS) is 20.0. The third-order valence-electron chi connectivity index (χ3n) is 2.05. The number of phenolic OH excluding ortho intramolecular Hbond substituents is 1. The monoisotopic (exact) mass is 223 g/mol. The molecule has 0 saturated carbocycles. The predicted molar refractivity (Wildman–Crippen MR) is 58.5 cm³/mol. The minimum absolute atomic E-state index is 0.192. The minimum Gasteiger partial charge on any atom is -0.508 e. The molecular formula is C10H9NO3S. The van der Waals surface area contributed by atoms with Crippen molar-refractivity contribution in [2.45, 2.75) is 6.04 Å². The topological polar surface area (TPSA) is 69.9 Å². The number of carbonyl (C=O) groups is 1. The standard InChI is InChI=1S/C10H9NO3S/c12-7-3-1-6(2-4-7)9-11-8(5-15-9)10(13)14/h1-4,8,12H,5H2,(H,13,14). The number of hydrogen-bond acceptors (Lipinski definition) is 4. The van der Waals surface area contributed by atoms with Crippen molar-refractivity contribution >= 4 is 22.8 Å². The molecule has 0 amide bonds. The van der Waals surface area contributed by atoms with Crippen LogP contribution < -0.4 is 0 Å². The van der Waals surface area contributed by atoms with Gasteiger partial charge in [0.2, 0.25) is 0 Å². The van der Waals surface area contributed by atoms with Gasteiger partial charge in [0.15, 0.2) is 6.04 Å². The number of aliphatic imine (C=N–C) groups is 1. The zero-order valence-electron chi connectivity index (χ0n) is 7.75. The molecule has 1 aliphatic rings. The van der Waals surface area contributed by atoms with Crippen LogP contribution in [0.2, 0.25) is 0 Å². The summed E-state index contributed by atoms with van der Waals surface area (Å²) < 4.78 is 0. The van der Waals surface area contributed by atoms with Gasteiger partial charge < -0.3 is 10.2 Å². The average molecular weight is 223 g/mol. The van der Waals surface area contributed by atoms with Gasteiger partial charge in [-0.05, 0) is 24.3 Å². The quantitative estimate of drug-likeness (QED) is 0.793. The van der Waals surface area contributed by atoms with Crippen LogP contribution in [0.15, 0.2) is 29.3 Å². The van der Waals surface area contributed by atoms with Gasteiger partial charge in [0.1, 0.15) is 5.75 Å². The van der Waals surface area contributed by atoms with E-state index in [9.17, 15) is 4.79 Å². The molecule has 0 fully saturated rings. The van der Waals surface area contributed by atoms with Gasteiger partial charge >= 0.3 is 5.97 Å². The van der Waals surface area contributed by atoms with E-state index < -0.39 is 12.0 Å². The molecular weight excluding hydrogens is 214 g/mol. The van der Waals surface area contributed by atoms with Crippen LogP contribution in [-0.4, -0.2) is 33.0 Å². The number of benzene rings is 1. The molecule has 0 aromatic heterocycles. The molecule has 2 rings (SSSR count). The highest BCUT2D eigenvalue weighted by Crippen LogP contribution is 2.24. The third-order valence-corrected chi connectivity index (χ3v) is 3.15. The molecule has 1 atom stereocenters. The summed E-state index contributed by atoms with van der Waals surface area (Å²) in [5.74, 6) is -0.223. The van der Waals surface area contributed by atoms with Crippen molar-refractivity contribution in [3.63, 3.8) is 0 Å². The molecule has 1 aromatic rings. The van der Waals surface area contributed by atoms with Gasteiger partial charge in [-0.3, -0.25) is 4.99 Å². The SMILES string of the molecule is O=C(O)C1CSC(c2ccc(O)cc2)=N1. The van der Waals surface area contributed by atoms with E-state index in [1.807, 2.05) is 0 Å².